The number of benzene rings is 4. The fourth-order valence-electron chi connectivity index (χ4n) is 5.18. The van der Waals surface area contributed by atoms with Gasteiger partial charge in [-0.2, -0.15) is 0 Å². The number of ether oxygens (including phenoxy) is 1. The van der Waals surface area contributed by atoms with Gasteiger partial charge < -0.3 is 9.84 Å². The predicted molar refractivity (Wildman–Crippen MR) is 127 cm³/mol. The minimum atomic E-state index is -0.824. The highest BCUT2D eigenvalue weighted by atomic mass is 16.5. The zero-order chi connectivity index (χ0) is 22.8. The maximum Gasteiger partial charge on any atom is 0.338 e. The first-order valence-electron chi connectivity index (χ1n) is 11.1. The summed E-state index contributed by atoms with van der Waals surface area (Å²) in [5.41, 5.74) is 2.42. The molecule has 2 atom stereocenters. The molecule has 0 aromatic heterocycles. The number of esters is 1. The number of fused-ring (bicyclic) bond motifs is 1. The molecule has 4 nitrogen and oxygen atoms in total. The van der Waals surface area contributed by atoms with Crippen molar-refractivity contribution in [3.8, 4) is 0 Å². The smallest absolute Gasteiger partial charge is 0.338 e. The van der Waals surface area contributed by atoms with Gasteiger partial charge in [0.15, 0.2) is 0 Å². The van der Waals surface area contributed by atoms with Gasteiger partial charge in [-0.15, -0.1) is 0 Å². The molecule has 0 bridgehead atoms. The molecule has 0 heterocycles. The highest BCUT2D eigenvalue weighted by Crippen LogP contribution is 2.57. The van der Waals surface area contributed by atoms with Gasteiger partial charge in [-0.25, -0.2) is 4.79 Å². The third-order valence-corrected chi connectivity index (χ3v) is 6.74. The molecule has 4 heteroatoms. The third-order valence-electron chi connectivity index (χ3n) is 6.74. The average molecular weight is 437 g/mol. The summed E-state index contributed by atoms with van der Waals surface area (Å²) < 4.78 is 5.78. The van der Waals surface area contributed by atoms with Crippen LogP contribution in [0, 0.1) is 11.8 Å². The lowest BCUT2D eigenvalue weighted by Gasteiger charge is -2.50. The van der Waals surface area contributed by atoms with Crippen LogP contribution in [0.2, 0.25) is 0 Å². The van der Waals surface area contributed by atoms with Crippen molar-refractivity contribution in [2.75, 3.05) is 6.61 Å². The molecule has 0 spiro atoms. The van der Waals surface area contributed by atoms with Crippen LogP contribution in [0.1, 0.15) is 33.3 Å². The average Bonchev–Trinajstić information content (AvgIpc) is 2.84. The SMILES string of the molecule is O=C(OCC1[C@@H](c2ccccc2)C(C(=O)O)[C@@H]1c1ccccc1)c1ccc2ccccc2c1. The minimum absolute atomic E-state index is 0.125. The fraction of sp³-hybridized carbons (Fsp3) is 0.172. The molecule has 164 valence electrons. The van der Waals surface area contributed by atoms with Crippen LogP contribution in [-0.4, -0.2) is 23.7 Å². The Hall–Kier alpha value is -3.92. The van der Waals surface area contributed by atoms with Crippen LogP contribution >= 0.6 is 0 Å². The number of carboxylic acids is 1. The molecule has 4 aromatic rings. The van der Waals surface area contributed by atoms with Crippen LogP contribution in [0.5, 0.6) is 0 Å². The Bertz CT molecular complexity index is 1240. The summed E-state index contributed by atoms with van der Waals surface area (Å²) in [7, 11) is 0. The van der Waals surface area contributed by atoms with E-state index in [0.717, 1.165) is 21.9 Å². The van der Waals surface area contributed by atoms with Gasteiger partial charge in [-0.1, -0.05) is 91.0 Å². The second-order valence-corrected chi connectivity index (χ2v) is 8.56. The van der Waals surface area contributed by atoms with E-state index in [0.29, 0.717) is 5.56 Å². The van der Waals surface area contributed by atoms with E-state index >= 15 is 0 Å². The number of carbonyl (C=O) groups excluding carboxylic acids is 1. The van der Waals surface area contributed by atoms with Gasteiger partial charge in [0.2, 0.25) is 0 Å². The highest BCUT2D eigenvalue weighted by Gasteiger charge is 2.55. The Morgan fingerprint density at radius 3 is 1.82 bits per heavy atom. The van der Waals surface area contributed by atoms with Crippen molar-refractivity contribution < 1.29 is 19.4 Å². The normalized spacial score (nSPS) is 21.8. The molecule has 0 aliphatic heterocycles. The molecule has 1 fully saturated rings. The first-order chi connectivity index (χ1) is 16.1. The van der Waals surface area contributed by atoms with Gasteiger partial charge in [0, 0.05) is 17.8 Å². The number of hydrogen-bond acceptors (Lipinski definition) is 3. The van der Waals surface area contributed by atoms with Gasteiger partial charge >= 0.3 is 11.9 Å². The molecule has 0 radical (unpaired) electrons. The van der Waals surface area contributed by atoms with Crippen molar-refractivity contribution in [2.24, 2.45) is 11.8 Å². The van der Waals surface area contributed by atoms with E-state index in [4.69, 9.17) is 4.74 Å². The van der Waals surface area contributed by atoms with Crippen LogP contribution < -0.4 is 0 Å². The summed E-state index contributed by atoms with van der Waals surface area (Å²) in [5.74, 6) is -2.36. The van der Waals surface area contributed by atoms with E-state index in [2.05, 4.69) is 0 Å². The molecule has 1 N–H and O–H groups in total. The molecular formula is C29H24O4. The van der Waals surface area contributed by atoms with Crippen LogP contribution in [0.4, 0.5) is 0 Å². The number of carboxylic acid groups (broad SMARTS) is 1. The lowest BCUT2D eigenvalue weighted by atomic mass is 9.53. The molecule has 1 saturated carbocycles. The van der Waals surface area contributed by atoms with Crippen molar-refractivity contribution in [1.29, 1.82) is 0 Å². The van der Waals surface area contributed by atoms with Gasteiger partial charge in [-0.3, -0.25) is 4.79 Å². The zero-order valence-electron chi connectivity index (χ0n) is 18.0. The lowest BCUT2D eigenvalue weighted by Crippen LogP contribution is -2.49. The first-order valence-corrected chi connectivity index (χ1v) is 11.1. The molecule has 0 amide bonds. The molecule has 0 saturated heterocycles. The Morgan fingerprint density at radius 2 is 1.24 bits per heavy atom. The van der Waals surface area contributed by atoms with Gasteiger partial charge in [0.25, 0.3) is 0 Å². The maximum atomic E-state index is 12.9. The van der Waals surface area contributed by atoms with Gasteiger partial charge in [0.05, 0.1) is 18.1 Å². The first kappa shape index (κ1) is 21.0. The Labute approximate surface area is 192 Å². The Kier molecular flexibility index (Phi) is 5.66. The van der Waals surface area contributed by atoms with E-state index in [1.807, 2.05) is 97.1 Å². The Morgan fingerprint density at radius 1 is 0.697 bits per heavy atom. The molecule has 33 heavy (non-hydrogen) atoms. The minimum Gasteiger partial charge on any atom is -0.481 e. The molecule has 4 aromatic carbocycles. The summed E-state index contributed by atoms with van der Waals surface area (Å²) >= 11 is 0. The van der Waals surface area contributed by atoms with Gasteiger partial charge in [-0.05, 0) is 34.0 Å². The van der Waals surface area contributed by atoms with Crippen molar-refractivity contribution in [3.05, 3.63) is 120 Å². The molecule has 0 unspecified atom stereocenters. The van der Waals surface area contributed by atoms with Crippen molar-refractivity contribution in [1.82, 2.24) is 0 Å². The zero-order valence-corrected chi connectivity index (χ0v) is 18.0. The lowest BCUT2D eigenvalue weighted by molar-refractivity contribution is -0.151. The summed E-state index contributed by atoms with van der Waals surface area (Å²) in [6.07, 6.45) is 0. The van der Waals surface area contributed by atoms with E-state index in [1.54, 1.807) is 6.07 Å². The largest absolute Gasteiger partial charge is 0.481 e. The van der Waals surface area contributed by atoms with E-state index < -0.39 is 17.9 Å². The van der Waals surface area contributed by atoms with Crippen molar-refractivity contribution in [3.63, 3.8) is 0 Å². The van der Waals surface area contributed by atoms with Crippen LogP contribution in [0.3, 0.4) is 0 Å². The topological polar surface area (TPSA) is 63.6 Å². The van der Waals surface area contributed by atoms with Crippen LogP contribution in [-0.2, 0) is 9.53 Å². The predicted octanol–water partition coefficient (Wildman–Crippen LogP) is 5.89. The van der Waals surface area contributed by atoms with E-state index in [-0.39, 0.29) is 24.4 Å². The van der Waals surface area contributed by atoms with Gasteiger partial charge in [0.1, 0.15) is 0 Å². The monoisotopic (exact) mass is 436 g/mol. The Balaban J connectivity index is 1.42. The van der Waals surface area contributed by atoms with E-state index in [9.17, 15) is 14.7 Å². The van der Waals surface area contributed by atoms with Crippen molar-refractivity contribution >= 4 is 22.7 Å². The maximum absolute atomic E-state index is 12.9. The van der Waals surface area contributed by atoms with Crippen molar-refractivity contribution in [2.45, 2.75) is 11.8 Å². The summed E-state index contributed by atoms with van der Waals surface area (Å²) in [6, 6.07) is 32.7. The number of aliphatic carboxylic acids is 1. The number of carbonyl (C=O) groups is 2. The van der Waals surface area contributed by atoms with Crippen LogP contribution in [0.15, 0.2) is 103 Å². The summed E-state index contributed by atoms with van der Waals surface area (Å²) in [6.45, 7) is 0.161. The third kappa shape index (κ3) is 4.00. The van der Waals surface area contributed by atoms with E-state index in [1.165, 1.54) is 0 Å². The highest BCUT2D eigenvalue weighted by molar-refractivity contribution is 5.95. The standard InChI is InChI=1S/C29H24O4/c30-28(31)27-25(20-10-3-1-4-11-20)24(26(27)21-12-5-2-6-13-21)18-33-29(32)23-16-15-19-9-7-8-14-22(19)17-23/h1-17,24-27H,18H2,(H,30,31)/t24?,25-,26-,27?/m1/s1. The number of rotatable bonds is 6. The molecule has 5 rings (SSSR count). The molecule has 1 aliphatic rings. The molecular weight excluding hydrogens is 412 g/mol. The quantitative estimate of drug-likeness (QED) is 0.383. The number of hydrogen-bond donors (Lipinski definition) is 1. The molecule has 1 aliphatic carbocycles. The second kappa shape index (κ2) is 8.91. The summed E-state index contributed by atoms with van der Waals surface area (Å²) in [4.78, 5) is 25.2. The fourth-order valence-corrected chi connectivity index (χ4v) is 5.18. The summed E-state index contributed by atoms with van der Waals surface area (Å²) in [5, 5.41) is 12.1. The van der Waals surface area contributed by atoms with Crippen LogP contribution in [0.25, 0.3) is 10.8 Å². The second-order valence-electron chi connectivity index (χ2n) is 8.56.